The summed E-state index contributed by atoms with van der Waals surface area (Å²) in [5.74, 6) is 0.292. The monoisotopic (exact) mass is 556 g/mol. The summed E-state index contributed by atoms with van der Waals surface area (Å²) in [6.45, 7) is 6.10. The van der Waals surface area contributed by atoms with Gasteiger partial charge in [0.1, 0.15) is 29.1 Å². The molecule has 3 heterocycles. The Balaban J connectivity index is 1.30. The van der Waals surface area contributed by atoms with Crippen LogP contribution in [0.4, 0.5) is 20.3 Å². The Labute approximate surface area is 228 Å². The van der Waals surface area contributed by atoms with Crippen molar-refractivity contribution < 1.29 is 27.8 Å². The molecule has 11 heteroatoms. The normalized spacial score (nSPS) is 24.1. The lowest BCUT2D eigenvalue weighted by molar-refractivity contribution is -0.125. The number of nitrogens with one attached hydrogen (secondary N) is 1. The second kappa shape index (κ2) is 10.6. The predicted octanol–water partition coefficient (Wildman–Crippen LogP) is 5.27. The summed E-state index contributed by atoms with van der Waals surface area (Å²) in [6.07, 6.45) is 4.93. The number of likely N-dealkylation sites (tertiary alicyclic amines) is 1. The lowest BCUT2D eigenvalue weighted by Crippen LogP contribution is -2.29. The Morgan fingerprint density at radius 2 is 1.87 bits per heavy atom. The molecule has 2 aliphatic heterocycles. The first-order chi connectivity index (χ1) is 18.9. The average molecular weight is 557 g/mol. The van der Waals surface area contributed by atoms with Crippen LogP contribution < -0.4 is 14.8 Å². The number of halogens is 3. The number of amides is 1. The number of carbonyl (C=O) groups is 1. The highest BCUT2D eigenvalue weighted by Crippen LogP contribution is 2.43. The molecule has 3 aliphatic rings. The van der Waals surface area contributed by atoms with E-state index in [0.717, 1.165) is 25.3 Å². The number of rotatable bonds is 7. The van der Waals surface area contributed by atoms with Crippen LogP contribution in [-0.4, -0.2) is 59.3 Å². The smallest absolute Gasteiger partial charge is 0.245 e. The van der Waals surface area contributed by atoms with E-state index in [1.807, 2.05) is 4.90 Å². The fourth-order valence-corrected chi connectivity index (χ4v) is 5.88. The van der Waals surface area contributed by atoms with Gasteiger partial charge in [-0.1, -0.05) is 18.2 Å². The molecule has 6 rings (SSSR count). The van der Waals surface area contributed by atoms with E-state index in [1.165, 1.54) is 18.5 Å². The number of hydrogen-bond donors (Lipinski definition) is 1. The molecular weight excluding hydrogens is 530 g/mol. The molecule has 39 heavy (non-hydrogen) atoms. The zero-order valence-electron chi connectivity index (χ0n) is 21.0. The largest absolute Gasteiger partial charge is 0.486 e. The number of anilines is 2. The molecule has 1 amide bonds. The summed E-state index contributed by atoms with van der Waals surface area (Å²) in [5, 5.41) is 2.88. The highest BCUT2D eigenvalue weighted by atomic mass is 35.5. The molecule has 3 unspecified atom stereocenters. The third-order valence-corrected chi connectivity index (χ3v) is 8.00. The van der Waals surface area contributed by atoms with Gasteiger partial charge in [-0.25, -0.2) is 18.7 Å². The van der Waals surface area contributed by atoms with Gasteiger partial charge >= 0.3 is 0 Å². The van der Waals surface area contributed by atoms with E-state index >= 15 is 0 Å². The van der Waals surface area contributed by atoms with Crippen LogP contribution in [0.3, 0.4) is 0 Å². The number of benzene rings is 2. The van der Waals surface area contributed by atoms with E-state index in [2.05, 4.69) is 21.9 Å². The summed E-state index contributed by atoms with van der Waals surface area (Å²) < 4.78 is 46.6. The van der Waals surface area contributed by atoms with Crippen molar-refractivity contribution in [3.63, 3.8) is 0 Å². The van der Waals surface area contributed by atoms with Crippen molar-refractivity contribution in [1.82, 2.24) is 14.9 Å². The Morgan fingerprint density at radius 3 is 2.59 bits per heavy atom. The molecule has 0 bridgehead atoms. The maximum atomic E-state index is 14.6. The van der Waals surface area contributed by atoms with E-state index < -0.39 is 16.7 Å². The first-order valence-electron chi connectivity index (χ1n) is 12.9. The van der Waals surface area contributed by atoms with Crippen LogP contribution in [0, 0.1) is 23.5 Å². The van der Waals surface area contributed by atoms with Gasteiger partial charge in [0.05, 0.1) is 30.5 Å². The van der Waals surface area contributed by atoms with Gasteiger partial charge in [0.15, 0.2) is 17.3 Å². The van der Waals surface area contributed by atoms with Crippen LogP contribution in [0.2, 0.25) is 5.02 Å². The van der Waals surface area contributed by atoms with Gasteiger partial charge in [0.25, 0.3) is 0 Å². The molecular formula is C28H27ClF2N4O4. The van der Waals surface area contributed by atoms with Crippen LogP contribution in [0.25, 0.3) is 10.9 Å². The number of aromatic nitrogens is 2. The zero-order chi connectivity index (χ0) is 27.1. The van der Waals surface area contributed by atoms with Crippen LogP contribution in [0.15, 0.2) is 43.2 Å². The second-order valence-electron chi connectivity index (χ2n) is 10.2. The quantitative estimate of drug-likeness (QED) is 0.313. The number of fused-ring (bicyclic) bond motifs is 2. The first kappa shape index (κ1) is 25.8. The number of hydrogen-bond acceptors (Lipinski definition) is 7. The summed E-state index contributed by atoms with van der Waals surface area (Å²) >= 11 is 5.77. The minimum Gasteiger partial charge on any atom is -0.486 e. The van der Waals surface area contributed by atoms with Crippen molar-refractivity contribution in [2.45, 2.75) is 31.5 Å². The molecule has 1 N–H and O–H groups in total. The van der Waals surface area contributed by atoms with Gasteiger partial charge in [-0.3, -0.25) is 4.79 Å². The highest BCUT2D eigenvalue weighted by molar-refractivity contribution is 6.31. The standard InChI is InChI=1S/C28H27ClF2N4O4/c1-2-25(36)35-11-15-7-18(8-16(15)12-35)39-23-9-19-22(10-24(23)38-17-5-6-37-13-17)32-14-33-28(19)34-21-4-3-20(30)26(29)27(21)31/h2-4,9-10,14-18H,1,5-8,11-13H2,(H,32,33,34). The average Bonchev–Trinajstić information content (AvgIpc) is 3.66. The van der Waals surface area contributed by atoms with Gasteiger partial charge < -0.3 is 24.4 Å². The zero-order valence-corrected chi connectivity index (χ0v) is 21.8. The third kappa shape index (κ3) is 5.10. The topological polar surface area (TPSA) is 85.8 Å². The van der Waals surface area contributed by atoms with E-state index in [9.17, 15) is 13.6 Å². The van der Waals surface area contributed by atoms with Crippen molar-refractivity contribution >= 4 is 39.9 Å². The molecule has 1 aromatic heterocycles. The summed E-state index contributed by atoms with van der Waals surface area (Å²) in [6, 6.07) is 5.91. The number of ether oxygens (including phenoxy) is 3. The van der Waals surface area contributed by atoms with Crippen molar-refractivity contribution in [3.8, 4) is 11.5 Å². The molecule has 1 aliphatic carbocycles. The fourth-order valence-electron chi connectivity index (χ4n) is 5.71. The molecule has 0 radical (unpaired) electrons. The molecule has 2 saturated heterocycles. The third-order valence-electron chi connectivity index (χ3n) is 7.66. The molecule has 3 fully saturated rings. The predicted molar refractivity (Wildman–Crippen MR) is 141 cm³/mol. The number of nitrogens with zero attached hydrogens (tertiary/aromatic N) is 3. The van der Waals surface area contributed by atoms with Crippen LogP contribution in [0.5, 0.6) is 11.5 Å². The van der Waals surface area contributed by atoms with Gasteiger partial charge in [0.2, 0.25) is 5.91 Å². The Morgan fingerprint density at radius 1 is 1.13 bits per heavy atom. The summed E-state index contributed by atoms with van der Waals surface area (Å²) in [7, 11) is 0. The Kier molecular flexibility index (Phi) is 6.99. The molecule has 0 spiro atoms. The minimum atomic E-state index is -0.914. The van der Waals surface area contributed by atoms with Crippen molar-refractivity contribution in [1.29, 1.82) is 0 Å². The Hall–Kier alpha value is -3.50. The molecule has 8 nitrogen and oxygen atoms in total. The van der Waals surface area contributed by atoms with Crippen LogP contribution in [-0.2, 0) is 9.53 Å². The maximum Gasteiger partial charge on any atom is 0.245 e. The van der Waals surface area contributed by atoms with E-state index in [-0.39, 0.29) is 23.8 Å². The highest BCUT2D eigenvalue weighted by Gasteiger charge is 2.43. The lowest BCUT2D eigenvalue weighted by atomic mass is 10.0. The van der Waals surface area contributed by atoms with Crippen LogP contribution >= 0.6 is 11.6 Å². The molecule has 3 atom stereocenters. The first-order valence-corrected chi connectivity index (χ1v) is 13.3. The maximum absolute atomic E-state index is 14.6. The van der Waals surface area contributed by atoms with Crippen molar-refractivity contribution in [2.75, 3.05) is 31.6 Å². The van der Waals surface area contributed by atoms with E-state index in [4.69, 9.17) is 25.8 Å². The lowest BCUT2D eigenvalue weighted by Gasteiger charge is -2.22. The van der Waals surface area contributed by atoms with Gasteiger partial charge in [0, 0.05) is 31.0 Å². The summed E-state index contributed by atoms with van der Waals surface area (Å²) in [4.78, 5) is 22.6. The van der Waals surface area contributed by atoms with Gasteiger partial charge in [-0.15, -0.1) is 0 Å². The summed E-state index contributed by atoms with van der Waals surface area (Å²) in [5.41, 5.74) is 0.541. The van der Waals surface area contributed by atoms with E-state index in [1.54, 1.807) is 12.1 Å². The van der Waals surface area contributed by atoms with Gasteiger partial charge in [-0.2, -0.15) is 0 Å². The second-order valence-corrected chi connectivity index (χ2v) is 10.5. The minimum absolute atomic E-state index is 0.0189. The molecule has 1 saturated carbocycles. The van der Waals surface area contributed by atoms with Crippen molar-refractivity contribution in [2.24, 2.45) is 11.8 Å². The molecule has 3 aromatic rings. The van der Waals surface area contributed by atoms with Gasteiger partial charge in [-0.05, 0) is 49.0 Å². The molecule has 2 aromatic carbocycles. The van der Waals surface area contributed by atoms with Crippen molar-refractivity contribution in [3.05, 3.63) is 59.9 Å². The number of carbonyl (C=O) groups excluding carboxylic acids is 1. The van der Waals surface area contributed by atoms with E-state index in [0.29, 0.717) is 66.4 Å². The Bertz CT molecular complexity index is 1420. The SMILES string of the molecule is C=CC(=O)N1CC2CC(Oc3cc4c(Nc5ccc(F)c(Cl)c5F)ncnc4cc3OC3CCOC3)CC2C1. The molecule has 204 valence electrons. The van der Waals surface area contributed by atoms with Crippen LogP contribution in [0.1, 0.15) is 19.3 Å². The fraction of sp³-hybridized carbons (Fsp3) is 0.393.